The second-order valence-corrected chi connectivity index (χ2v) is 7.24. The molecule has 2 aromatic carbocycles. The van der Waals surface area contributed by atoms with E-state index in [1.165, 1.54) is 5.56 Å². The van der Waals surface area contributed by atoms with E-state index in [1.807, 2.05) is 41.0 Å². The summed E-state index contributed by atoms with van der Waals surface area (Å²) in [5, 5.41) is 0.688. The Balaban J connectivity index is 1.69. The van der Waals surface area contributed by atoms with Crippen molar-refractivity contribution in [2.75, 3.05) is 32.8 Å². The van der Waals surface area contributed by atoms with Crippen LogP contribution in [0.25, 0.3) is 22.3 Å². The van der Waals surface area contributed by atoms with Gasteiger partial charge in [0.25, 0.3) is 5.56 Å². The van der Waals surface area contributed by atoms with Crippen molar-refractivity contribution in [3.63, 3.8) is 0 Å². The fraction of sp³-hybridized carbons (Fsp3) is 0.364. The van der Waals surface area contributed by atoms with Gasteiger partial charge in [-0.15, -0.1) is 0 Å². The van der Waals surface area contributed by atoms with Crippen LogP contribution in [0.15, 0.2) is 53.3 Å². The van der Waals surface area contributed by atoms with Crippen molar-refractivity contribution in [3.8, 4) is 11.4 Å². The normalized spacial score (nSPS) is 15.3. The van der Waals surface area contributed by atoms with Gasteiger partial charge in [0, 0.05) is 18.5 Å². The van der Waals surface area contributed by atoms with Crippen LogP contribution in [0.4, 0.5) is 0 Å². The van der Waals surface area contributed by atoms with Crippen molar-refractivity contribution in [1.82, 2.24) is 9.55 Å². The Kier molecular flexibility index (Phi) is 5.32. The molecule has 0 saturated carbocycles. The average molecular weight is 364 g/mol. The van der Waals surface area contributed by atoms with Crippen molar-refractivity contribution in [2.24, 2.45) is 0 Å². The molecule has 0 amide bonds. The van der Waals surface area contributed by atoms with Gasteiger partial charge in [0.15, 0.2) is 0 Å². The summed E-state index contributed by atoms with van der Waals surface area (Å²) < 4.78 is 7.29. The van der Waals surface area contributed by atoms with Crippen LogP contribution in [-0.4, -0.2) is 42.4 Å². The summed E-state index contributed by atoms with van der Waals surface area (Å²) in [5.41, 5.74) is 2.97. The standard InChI is InChI=1S/C22H25N3O2/c1-17-6-4-7-18(16-17)21-23-20-9-3-2-8-19(20)22(26)25(21)11-5-10-24-12-14-27-15-13-24/h2-4,6-9,16H,5,10-15H2,1H3/p+1. The van der Waals surface area contributed by atoms with Gasteiger partial charge in [0.05, 0.1) is 30.7 Å². The van der Waals surface area contributed by atoms with E-state index in [-0.39, 0.29) is 5.56 Å². The third-order valence-electron chi connectivity index (χ3n) is 5.25. The van der Waals surface area contributed by atoms with Crippen LogP contribution in [0.5, 0.6) is 0 Å². The summed E-state index contributed by atoms with van der Waals surface area (Å²) in [7, 11) is 0. The Morgan fingerprint density at radius 3 is 2.74 bits per heavy atom. The molecule has 1 aliphatic heterocycles. The van der Waals surface area contributed by atoms with Crippen molar-refractivity contribution in [3.05, 3.63) is 64.4 Å². The van der Waals surface area contributed by atoms with E-state index in [0.29, 0.717) is 11.9 Å². The number of fused-ring (bicyclic) bond motifs is 1. The molecule has 0 spiro atoms. The molecule has 0 unspecified atom stereocenters. The minimum absolute atomic E-state index is 0.0501. The molecule has 0 aliphatic carbocycles. The molecule has 0 bridgehead atoms. The van der Waals surface area contributed by atoms with Gasteiger partial charge in [-0.1, -0.05) is 35.9 Å². The number of benzene rings is 2. The molecule has 5 nitrogen and oxygen atoms in total. The minimum atomic E-state index is 0.0501. The highest BCUT2D eigenvalue weighted by atomic mass is 16.5. The molecule has 2 heterocycles. The van der Waals surface area contributed by atoms with Crippen LogP contribution >= 0.6 is 0 Å². The van der Waals surface area contributed by atoms with Gasteiger partial charge in [-0.2, -0.15) is 0 Å². The highest BCUT2D eigenvalue weighted by molar-refractivity contribution is 5.79. The Bertz CT molecular complexity index is 990. The van der Waals surface area contributed by atoms with Gasteiger partial charge in [-0.25, -0.2) is 4.98 Å². The maximum absolute atomic E-state index is 13.2. The van der Waals surface area contributed by atoms with Gasteiger partial charge >= 0.3 is 0 Å². The zero-order chi connectivity index (χ0) is 18.6. The van der Waals surface area contributed by atoms with Crippen LogP contribution in [0.1, 0.15) is 12.0 Å². The molecular formula is C22H26N3O2+. The average Bonchev–Trinajstić information content (AvgIpc) is 2.70. The lowest BCUT2D eigenvalue weighted by atomic mass is 10.1. The van der Waals surface area contributed by atoms with E-state index in [2.05, 4.69) is 19.1 Å². The zero-order valence-corrected chi connectivity index (χ0v) is 15.8. The van der Waals surface area contributed by atoms with E-state index in [0.717, 1.165) is 56.2 Å². The first-order valence-corrected chi connectivity index (χ1v) is 9.70. The number of ether oxygens (including phenoxy) is 1. The highest BCUT2D eigenvalue weighted by Crippen LogP contribution is 2.20. The Hall–Kier alpha value is -2.50. The minimum Gasteiger partial charge on any atom is -0.370 e. The SMILES string of the molecule is Cc1cccc(-c2nc3ccccc3c(=O)n2CCC[NH+]2CCOCC2)c1. The maximum atomic E-state index is 13.2. The first kappa shape index (κ1) is 17.9. The van der Waals surface area contributed by atoms with E-state index < -0.39 is 0 Å². The summed E-state index contributed by atoms with van der Waals surface area (Å²) in [6, 6.07) is 15.8. The lowest BCUT2D eigenvalue weighted by Gasteiger charge is -2.24. The summed E-state index contributed by atoms with van der Waals surface area (Å²) in [4.78, 5) is 19.6. The van der Waals surface area contributed by atoms with Gasteiger partial charge in [-0.3, -0.25) is 9.36 Å². The Morgan fingerprint density at radius 2 is 1.93 bits per heavy atom. The number of aromatic nitrogens is 2. The van der Waals surface area contributed by atoms with Crippen LogP contribution < -0.4 is 10.5 Å². The zero-order valence-electron chi connectivity index (χ0n) is 15.8. The summed E-state index contributed by atoms with van der Waals surface area (Å²) in [5.74, 6) is 0.763. The number of nitrogens with zero attached hydrogens (tertiary/aromatic N) is 2. The monoisotopic (exact) mass is 364 g/mol. The quantitative estimate of drug-likeness (QED) is 0.749. The lowest BCUT2D eigenvalue weighted by Crippen LogP contribution is -3.14. The van der Waals surface area contributed by atoms with Gasteiger partial charge in [0.1, 0.15) is 18.9 Å². The second kappa shape index (κ2) is 8.03. The summed E-state index contributed by atoms with van der Waals surface area (Å²) in [6.45, 7) is 7.57. The number of para-hydroxylation sites is 1. The molecule has 0 atom stereocenters. The molecule has 1 aromatic heterocycles. The fourth-order valence-corrected chi connectivity index (χ4v) is 3.78. The number of rotatable bonds is 5. The third kappa shape index (κ3) is 3.94. The molecular weight excluding hydrogens is 338 g/mol. The number of nitrogens with one attached hydrogen (secondary N) is 1. The maximum Gasteiger partial charge on any atom is 0.261 e. The predicted octanol–water partition coefficient (Wildman–Crippen LogP) is 1.68. The molecule has 1 N–H and O–H groups in total. The molecule has 1 aliphatic rings. The molecule has 3 aromatic rings. The van der Waals surface area contributed by atoms with Crippen LogP contribution in [-0.2, 0) is 11.3 Å². The topological polar surface area (TPSA) is 48.6 Å². The first-order chi connectivity index (χ1) is 13.2. The van der Waals surface area contributed by atoms with E-state index in [1.54, 1.807) is 4.90 Å². The number of aryl methyl sites for hydroxylation is 1. The van der Waals surface area contributed by atoms with E-state index >= 15 is 0 Å². The van der Waals surface area contributed by atoms with E-state index in [4.69, 9.17) is 9.72 Å². The van der Waals surface area contributed by atoms with Crippen LogP contribution in [0.2, 0.25) is 0 Å². The van der Waals surface area contributed by atoms with Gasteiger partial charge < -0.3 is 9.64 Å². The number of morpholine rings is 1. The summed E-state index contributed by atoms with van der Waals surface area (Å²) >= 11 is 0. The first-order valence-electron chi connectivity index (χ1n) is 9.70. The molecule has 0 radical (unpaired) electrons. The fourth-order valence-electron chi connectivity index (χ4n) is 3.78. The van der Waals surface area contributed by atoms with Crippen molar-refractivity contribution in [2.45, 2.75) is 19.9 Å². The molecule has 27 heavy (non-hydrogen) atoms. The Morgan fingerprint density at radius 1 is 1.11 bits per heavy atom. The Labute approximate surface area is 159 Å². The molecule has 1 fully saturated rings. The third-order valence-corrected chi connectivity index (χ3v) is 5.25. The molecule has 5 heteroatoms. The largest absolute Gasteiger partial charge is 0.370 e. The molecule has 140 valence electrons. The molecule has 4 rings (SSSR count). The smallest absolute Gasteiger partial charge is 0.261 e. The van der Waals surface area contributed by atoms with E-state index in [9.17, 15) is 4.79 Å². The van der Waals surface area contributed by atoms with Crippen LogP contribution in [0, 0.1) is 6.92 Å². The lowest BCUT2D eigenvalue weighted by molar-refractivity contribution is -0.908. The number of quaternary nitrogens is 1. The number of hydrogen-bond acceptors (Lipinski definition) is 3. The van der Waals surface area contributed by atoms with Gasteiger partial charge in [-0.05, 0) is 25.1 Å². The van der Waals surface area contributed by atoms with Crippen molar-refractivity contribution < 1.29 is 9.64 Å². The van der Waals surface area contributed by atoms with Crippen LogP contribution in [0.3, 0.4) is 0 Å². The molecule has 1 saturated heterocycles. The van der Waals surface area contributed by atoms with Crippen molar-refractivity contribution >= 4 is 10.9 Å². The predicted molar refractivity (Wildman–Crippen MR) is 107 cm³/mol. The highest BCUT2D eigenvalue weighted by Gasteiger charge is 2.16. The number of hydrogen-bond donors (Lipinski definition) is 1. The van der Waals surface area contributed by atoms with Gasteiger partial charge in [0.2, 0.25) is 0 Å². The van der Waals surface area contributed by atoms with Crippen molar-refractivity contribution in [1.29, 1.82) is 0 Å². The second-order valence-electron chi connectivity index (χ2n) is 7.24. The summed E-state index contributed by atoms with van der Waals surface area (Å²) in [6.07, 6.45) is 0.952.